The van der Waals surface area contributed by atoms with Crippen LogP contribution in [0.3, 0.4) is 0 Å². The van der Waals surface area contributed by atoms with Gasteiger partial charge in [0, 0.05) is 11.6 Å². The average molecular weight is 334 g/mol. The molecule has 0 spiro atoms. The zero-order valence-electron chi connectivity index (χ0n) is 10.9. The van der Waals surface area contributed by atoms with Crippen LogP contribution < -0.4 is 16.2 Å². The van der Waals surface area contributed by atoms with Crippen molar-refractivity contribution in [2.45, 2.75) is 6.42 Å². The van der Waals surface area contributed by atoms with Crippen molar-refractivity contribution in [2.24, 2.45) is 0 Å². The lowest BCUT2D eigenvalue weighted by atomic mass is 10.2. The number of phenols is 1. The van der Waals surface area contributed by atoms with Crippen molar-refractivity contribution in [3.8, 4) is 5.75 Å². The molecular weight excluding hydrogens is 318 g/mol. The number of thioether (sulfide) groups is 1. The van der Waals surface area contributed by atoms with Gasteiger partial charge in [-0.2, -0.15) is 11.8 Å². The number of halogens is 1. The standard InChI is InChI=1S/C12H16ClN3O2S2/c1-20-6-2-5-14-12(19)16-15-11(18)9-7-8(13)3-4-10(9)17/h3-4,7,17H,2,5-6H2,1H3,(H,15,18)(H2,14,16,19). The van der Waals surface area contributed by atoms with Gasteiger partial charge in [0.25, 0.3) is 5.91 Å². The monoisotopic (exact) mass is 333 g/mol. The summed E-state index contributed by atoms with van der Waals surface area (Å²) in [7, 11) is 0. The highest BCUT2D eigenvalue weighted by Gasteiger charge is 2.11. The molecule has 0 bridgehead atoms. The van der Waals surface area contributed by atoms with E-state index in [4.69, 9.17) is 23.8 Å². The van der Waals surface area contributed by atoms with Crippen LogP contribution in [-0.2, 0) is 0 Å². The van der Waals surface area contributed by atoms with Gasteiger partial charge in [-0.15, -0.1) is 0 Å². The van der Waals surface area contributed by atoms with Crippen molar-refractivity contribution in [3.63, 3.8) is 0 Å². The van der Waals surface area contributed by atoms with E-state index in [2.05, 4.69) is 16.2 Å². The van der Waals surface area contributed by atoms with Crippen LogP contribution in [0, 0.1) is 0 Å². The molecule has 0 unspecified atom stereocenters. The summed E-state index contributed by atoms with van der Waals surface area (Å²) in [6.07, 6.45) is 3.01. The van der Waals surface area contributed by atoms with Crippen LogP contribution >= 0.6 is 35.6 Å². The molecule has 0 saturated carbocycles. The highest BCUT2D eigenvalue weighted by molar-refractivity contribution is 7.98. The number of thiocarbonyl (C=S) groups is 1. The Bertz CT molecular complexity index is 486. The van der Waals surface area contributed by atoms with Crippen LogP contribution in [0.15, 0.2) is 18.2 Å². The second-order valence-corrected chi connectivity index (χ2v) is 5.67. The van der Waals surface area contributed by atoms with Crippen LogP contribution in [0.25, 0.3) is 0 Å². The molecule has 0 fully saturated rings. The molecule has 0 aliphatic carbocycles. The molecule has 0 radical (unpaired) electrons. The third-order valence-electron chi connectivity index (χ3n) is 2.30. The molecule has 0 aromatic heterocycles. The summed E-state index contributed by atoms with van der Waals surface area (Å²) in [5.74, 6) is 0.379. The van der Waals surface area contributed by atoms with Gasteiger partial charge in [-0.3, -0.25) is 15.6 Å². The second kappa shape index (κ2) is 8.89. The highest BCUT2D eigenvalue weighted by Crippen LogP contribution is 2.20. The Morgan fingerprint density at radius 3 is 2.90 bits per heavy atom. The van der Waals surface area contributed by atoms with E-state index in [1.165, 1.54) is 18.2 Å². The third-order valence-corrected chi connectivity index (χ3v) is 3.48. The Morgan fingerprint density at radius 2 is 2.20 bits per heavy atom. The summed E-state index contributed by atoms with van der Waals surface area (Å²) < 4.78 is 0. The summed E-state index contributed by atoms with van der Waals surface area (Å²) in [5.41, 5.74) is 5.03. The maximum atomic E-state index is 11.8. The molecule has 1 aromatic rings. The number of benzene rings is 1. The maximum absolute atomic E-state index is 11.8. The maximum Gasteiger partial charge on any atom is 0.273 e. The van der Waals surface area contributed by atoms with Crippen molar-refractivity contribution < 1.29 is 9.90 Å². The number of amides is 1. The van der Waals surface area contributed by atoms with E-state index in [0.29, 0.717) is 10.1 Å². The van der Waals surface area contributed by atoms with Crippen molar-refractivity contribution >= 4 is 46.6 Å². The van der Waals surface area contributed by atoms with Gasteiger partial charge >= 0.3 is 0 Å². The number of rotatable bonds is 5. The molecule has 4 N–H and O–H groups in total. The molecule has 5 nitrogen and oxygen atoms in total. The van der Waals surface area contributed by atoms with Gasteiger partial charge in [-0.1, -0.05) is 11.6 Å². The quantitative estimate of drug-likeness (QED) is 0.375. The summed E-state index contributed by atoms with van der Waals surface area (Å²) in [6.45, 7) is 0.727. The lowest BCUT2D eigenvalue weighted by Gasteiger charge is -2.12. The molecule has 0 heterocycles. The van der Waals surface area contributed by atoms with E-state index >= 15 is 0 Å². The number of carbonyl (C=O) groups excluding carboxylic acids is 1. The number of carbonyl (C=O) groups is 1. The molecule has 110 valence electrons. The molecule has 0 saturated heterocycles. The zero-order valence-corrected chi connectivity index (χ0v) is 13.3. The Hall–Kier alpha value is -1.18. The summed E-state index contributed by atoms with van der Waals surface area (Å²) >= 11 is 12.5. The van der Waals surface area contributed by atoms with Crippen molar-refractivity contribution in [2.75, 3.05) is 18.6 Å². The van der Waals surface area contributed by atoms with E-state index in [1.807, 2.05) is 6.26 Å². The number of nitrogens with one attached hydrogen (secondary N) is 3. The van der Waals surface area contributed by atoms with Crippen LogP contribution in [-0.4, -0.2) is 34.7 Å². The lowest BCUT2D eigenvalue weighted by molar-refractivity contribution is 0.0941. The fraction of sp³-hybridized carbons (Fsp3) is 0.333. The van der Waals surface area contributed by atoms with Crippen molar-refractivity contribution in [1.82, 2.24) is 16.2 Å². The first-order valence-electron chi connectivity index (χ1n) is 5.86. The number of phenolic OH excluding ortho intramolecular Hbond substituents is 1. The Labute approximate surface area is 132 Å². The van der Waals surface area contributed by atoms with Crippen molar-refractivity contribution in [1.29, 1.82) is 0 Å². The fourth-order valence-corrected chi connectivity index (χ4v) is 2.09. The Balaban J connectivity index is 2.39. The molecule has 0 aliphatic heterocycles. The number of hydrogen-bond acceptors (Lipinski definition) is 4. The fourth-order valence-electron chi connectivity index (χ4n) is 1.33. The van der Waals surface area contributed by atoms with Crippen LogP contribution in [0.5, 0.6) is 5.75 Å². The third kappa shape index (κ3) is 5.85. The normalized spacial score (nSPS) is 9.90. The molecular formula is C12H16ClN3O2S2. The number of hydrogen-bond donors (Lipinski definition) is 4. The smallest absolute Gasteiger partial charge is 0.273 e. The van der Waals surface area contributed by atoms with Crippen LogP contribution in [0.2, 0.25) is 5.02 Å². The minimum atomic E-state index is -0.515. The molecule has 0 aliphatic rings. The van der Waals surface area contributed by atoms with E-state index in [1.54, 1.807) is 11.8 Å². The Morgan fingerprint density at radius 1 is 1.45 bits per heavy atom. The highest BCUT2D eigenvalue weighted by atomic mass is 35.5. The molecule has 0 atom stereocenters. The van der Waals surface area contributed by atoms with E-state index in [-0.39, 0.29) is 11.3 Å². The van der Waals surface area contributed by atoms with Gasteiger partial charge in [0.2, 0.25) is 0 Å². The van der Waals surface area contributed by atoms with Gasteiger partial charge in [-0.25, -0.2) is 0 Å². The Kier molecular flexibility index (Phi) is 7.50. The zero-order chi connectivity index (χ0) is 15.0. The summed E-state index contributed by atoms with van der Waals surface area (Å²) in [6, 6.07) is 4.23. The average Bonchev–Trinajstić information content (AvgIpc) is 2.43. The van der Waals surface area contributed by atoms with Crippen LogP contribution in [0.4, 0.5) is 0 Å². The number of hydrazine groups is 1. The second-order valence-electron chi connectivity index (χ2n) is 3.84. The van der Waals surface area contributed by atoms with E-state index < -0.39 is 5.91 Å². The SMILES string of the molecule is CSCCCNC(=S)NNC(=O)c1cc(Cl)ccc1O. The first kappa shape index (κ1) is 16.9. The molecule has 1 rings (SSSR count). The minimum absolute atomic E-state index is 0.0789. The minimum Gasteiger partial charge on any atom is -0.507 e. The van der Waals surface area contributed by atoms with Gasteiger partial charge in [0.05, 0.1) is 5.56 Å². The van der Waals surface area contributed by atoms with E-state index in [9.17, 15) is 9.90 Å². The molecule has 1 amide bonds. The summed E-state index contributed by atoms with van der Waals surface area (Å²) in [5, 5.41) is 13.2. The first-order valence-corrected chi connectivity index (χ1v) is 8.04. The predicted octanol–water partition coefficient (Wildman–Crippen LogP) is 1.91. The largest absolute Gasteiger partial charge is 0.507 e. The van der Waals surface area contributed by atoms with Gasteiger partial charge < -0.3 is 10.4 Å². The van der Waals surface area contributed by atoms with Crippen LogP contribution in [0.1, 0.15) is 16.8 Å². The predicted molar refractivity (Wildman–Crippen MR) is 87.3 cm³/mol. The van der Waals surface area contributed by atoms with Gasteiger partial charge in [0.15, 0.2) is 5.11 Å². The van der Waals surface area contributed by atoms with Gasteiger partial charge in [-0.05, 0) is 48.8 Å². The topological polar surface area (TPSA) is 73.4 Å². The molecule has 20 heavy (non-hydrogen) atoms. The number of aromatic hydroxyl groups is 1. The summed E-state index contributed by atoms with van der Waals surface area (Å²) in [4.78, 5) is 11.8. The van der Waals surface area contributed by atoms with Gasteiger partial charge in [0.1, 0.15) is 5.75 Å². The lowest BCUT2D eigenvalue weighted by Crippen LogP contribution is -2.47. The molecule has 8 heteroatoms. The van der Waals surface area contributed by atoms with Crippen molar-refractivity contribution in [3.05, 3.63) is 28.8 Å². The first-order chi connectivity index (χ1) is 9.54. The van der Waals surface area contributed by atoms with E-state index in [0.717, 1.165) is 18.7 Å². The molecule has 1 aromatic carbocycles.